The Labute approximate surface area is 88.5 Å². The van der Waals surface area contributed by atoms with Gasteiger partial charge in [0.15, 0.2) is 0 Å². The largest absolute Gasteiger partial charge is 0.302 e. The Morgan fingerprint density at radius 1 is 1.36 bits per heavy atom. The van der Waals surface area contributed by atoms with Gasteiger partial charge >= 0.3 is 0 Å². The van der Waals surface area contributed by atoms with Crippen molar-refractivity contribution in [1.82, 2.24) is 4.90 Å². The summed E-state index contributed by atoms with van der Waals surface area (Å²) in [6.07, 6.45) is 6.19. The molecule has 2 rings (SSSR count). The van der Waals surface area contributed by atoms with Crippen LogP contribution in [0.3, 0.4) is 0 Å². The van der Waals surface area contributed by atoms with E-state index in [0.29, 0.717) is 0 Å². The van der Waals surface area contributed by atoms with E-state index in [1.165, 1.54) is 31.4 Å². The van der Waals surface area contributed by atoms with Gasteiger partial charge in [-0.3, -0.25) is 0 Å². The molecule has 0 atom stereocenters. The highest BCUT2D eigenvalue weighted by Crippen LogP contribution is 2.41. The van der Waals surface area contributed by atoms with Gasteiger partial charge in [-0.05, 0) is 37.8 Å². The summed E-state index contributed by atoms with van der Waals surface area (Å²) in [6, 6.07) is 0. The molecule has 1 heteroatoms. The highest BCUT2D eigenvalue weighted by Gasteiger charge is 2.29. The first kappa shape index (κ1) is 11.5. The van der Waals surface area contributed by atoms with Gasteiger partial charge in [0.25, 0.3) is 0 Å². The second-order valence-corrected chi connectivity index (χ2v) is 4.02. The average Bonchev–Trinajstić information content (AvgIpc) is 3.04. The van der Waals surface area contributed by atoms with Gasteiger partial charge in [0.1, 0.15) is 0 Å². The number of likely N-dealkylation sites (N-methyl/N-ethyl adjacent to an activating group) is 1. The summed E-state index contributed by atoms with van der Waals surface area (Å²) in [5, 5.41) is 0. The van der Waals surface area contributed by atoms with E-state index in [0.717, 1.165) is 12.5 Å². The molecule has 1 heterocycles. The summed E-state index contributed by atoms with van der Waals surface area (Å²) in [4.78, 5) is 2.38. The van der Waals surface area contributed by atoms with Crippen LogP contribution in [0.15, 0.2) is 23.8 Å². The molecule has 1 nitrogen and oxygen atoms in total. The summed E-state index contributed by atoms with van der Waals surface area (Å²) in [5.41, 5.74) is 3.22. The Balaban J connectivity index is 0.000000461. The summed E-state index contributed by atoms with van der Waals surface area (Å²) >= 11 is 0. The van der Waals surface area contributed by atoms with Gasteiger partial charge in [-0.25, -0.2) is 0 Å². The Hall–Kier alpha value is -0.560. The van der Waals surface area contributed by atoms with Crippen LogP contribution in [0.5, 0.6) is 0 Å². The third-order valence-electron chi connectivity index (χ3n) is 2.93. The third-order valence-corrected chi connectivity index (χ3v) is 2.93. The number of rotatable bonds is 2. The lowest BCUT2D eigenvalue weighted by Gasteiger charge is -2.26. The second-order valence-electron chi connectivity index (χ2n) is 4.02. The fourth-order valence-electron chi connectivity index (χ4n) is 2.04. The van der Waals surface area contributed by atoms with Gasteiger partial charge in [-0.2, -0.15) is 0 Å². The predicted molar refractivity (Wildman–Crippen MR) is 63.4 cm³/mol. The molecule has 0 spiro atoms. The minimum Gasteiger partial charge on any atom is -0.302 e. The molecule has 1 fully saturated rings. The fraction of sp³-hybridized carbons (Fsp3) is 0.692. The summed E-state index contributed by atoms with van der Waals surface area (Å²) < 4.78 is 0. The Morgan fingerprint density at radius 2 is 2.00 bits per heavy atom. The van der Waals surface area contributed by atoms with E-state index in [4.69, 9.17) is 0 Å². The highest BCUT2D eigenvalue weighted by molar-refractivity contribution is 5.31. The van der Waals surface area contributed by atoms with Crippen LogP contribution in [0.2, 0.25) is 0 Å². The molecule has 0 aromatic rings. The standard InChI is InChI=1S/C11H17N.C2H6/c1-3-9-8-12(2)7-6-11(9)10-4-5-10;1-2/h3,10H,1,4-8H2,2H3;1-2H3. The third kappa shape index (κ3) is 2.71. The lowest BCUT2D eigenvalue weighted by atomic mass is 9.96. The van der Waals surface area contributed by atoms with Gasteiger partial charge in [-0.1, -0.05) is 32.1 Å². The van der Waals surface area contributed by atoms with E-state index in [1.54, 1.807) is 5.57 Å². The first-order valence-corrected chi connectivity index (χ1v) is 5.84. The van der Waals surface area contributed by atoms with E-state index in [1.807, 2.05) is 13.8 Å². The highest BCUT2D eigenvalue weighted by atomic mass is 15.1. The van der Waals surface area contributed by atoms with Gasteiger partial charge in [0.2, 0.25) is 0 Å². The Morgan fingerprint density at radius 3 is 2.50 bits per heavy atom. The first-order chi connectivity index (χ1) is 6.81. The number of nitrogens with zero attached hydrogens (tertiary/aromatic N) is 1. The fourth-order valence-corrected chi connectivity index (χ4v) is 2.04. The maximum absolute atomic E-state index is 3.89. The van der Waals surface area contributed by atoms with Crippen molar-refractivity contribution in [2.45, 2.75) is 33.1 Å². The van der Waals surface area contributed by atoms with E-state index < -0.39 is 0 Å². The van der Waals surface area contributed by atoms with Crippen molar-refractivity contribution < 1.29 is 0 Å². The van der Waals surface area contributed by atoms with Gasteiger partial charge in [0.05, 0.1) is 0 Å². The van der Waals surface area contributed by atoms with Crippen molar-refractivity contribution in [3.05, 3.63) is 23.8 Å². The Bertz CT molecular complexity index is 223. The summed E-state index contributed by atoms with van der Waals surface area (Å²) in [6.45, 7) is 10.3. The van der Waals surface area contributed by atoms with Crippen molar-refractivity contribution >= 4 is 0 Å². The maximum Gasteiger partial charge on any atom is 0.0230 e. The molecule has 1 aliphatic carbocycles. The van der Waals surface area contributed by atoms with E-state index in [-0.39, 0.29) is 0 Å². The van der Waals surface area contributed by atoms with Crippen LogP contribution in [-0.2, 0) is 0 Å². The molecule has 0 unspecified atom stereocenters. The SMILES string of the molecule is C=CC1=C(C2CC2)CCN(C)C1.CC. The normalized spacial score (nSPS) is 22.8. The molecule has 1 aliphatic heterocycles. The minimum absolute atomic E-state index is 0.937. The van der Waals surface area contributed by atoms with E-state index in [2.05, 4.69) is 24.6 Å². The van der Waals surface area contributed by atoms with Crippen LogP contribution in [0.25, 0.3) is 0 Å². The summed E-state index contributed by atoms with van der Waals surface area (Å²) in [7, 11) is 2.19. The lowest BCUT2D eigenvalue weighted by Crippen LogP contribution is -2.27. The van der Waals surface area contributed by atoms with Crippen molar-refractivity contribution in [3.63, 3.8) is 0 Å². The van der Waals surface area contributed by atoms with Gasteiger partial charge < -0.3 is 4.90 Å². The monoisotopic (exact) mass is 193 g/mol. The van der Waals surface area contributed by atoms with Gasteiger partial charge in [-0.15, -0.1) is 0 Å². The quantitative estimate of drug-likeness (QED) is 0.651. The molecule has 0 aromatic carbocycles. The van der Waals surface area contributed by atoms with Crippen LogP contribution in [0, 0.1) is 5.92 Å². The molecule has 0 radical (unpaired) electrons. The van der Waals surface area contributed by atoms with Crippen molar-refractivity contribution in [2.24, 2.45) is 5.92 Å². The predicted octanol–water partition coefficient (Wildman–Crippen LogP) is 3.24. The zero-order chi connectivity index (χ0) is 10.6. The molecule has 0 saturated heterocycles. The molecule has 0 N–H and O–H groups in total. The molecule has 0 amide bonds. The van der Waals surface area contributed by atoms with Crippen molar-refractivity contribution in [3.8, 4) is 0 Å². The second kappa shape index (κ2) is 5.35. The molecule has 0 bridgehead atoms. The van der Waals surface area contributed by atoms with Gasteiger partial charge in [0, 0.05) is 13.1 Å². The molecular weight excluding hydrogens is 170 g/mol. The molecule has 80 valence electrons. The summed E-state index contributed by atoms with van der Waals surface area (Å²) in [5.74, 6) is 0.937. The average molecular weight is 193 g/mol. The van der Waals surface area contributed by atoms with Crippen LogP contribution < -0.4 is 0 Å². The zero-order valence-electron chi connectivity index (χ0n) is 9.84. The maximum atomic E-state index is 3.89. The van der Waals surface area contributed by atoms with Crippen molar-refractivity contribution in [1.29, 1.82) is 0 Å². The smallest absolute Gasteiger partial charge is 0.0230 e. The van der Waals surface area contributed by atoms with Crippen molar-refractivity contribution in [2.75, 3.05) is 20.1 Å². The topological polar surface area (TPSA) is 3.24 Å². The first-order valence-electron chi connectivity index (χ1n) is 5.84. The molecule has 14 heavy (non-hydrogen) atoms. The number of hydrogen-bond donors (Lipinski definition) is 0. The van der Waals surface area contributed by atoms with Crippen LogP contribution >= 0.6 is 0 Å². The lowest BCUT2D eigenvalue weighted by molar-refractivity contribution is 0.347. The van der Waals surface area contributed by atoms with E-state index >= 15 is 0 Å². The molecule has 0 aromatic heterocycles. The molecule has 2 aliphatic rings. The van der Waals surface area contributed by atoms with Crippen LogP contribution in [0.1, 0.15) is 33.1 Å². The number of hydrogen-bond acceptors (Lipinski definition) is 1. The van der Waals surface area contributed by atoms with Crippen LogP contribution in [-0.4, -0.2) is 25.0 Å². The van der Waals surface area contributed by atoms with Crippen LogP contribution in [0.4, 0.5) is 0 Å². The zero-order valence-corrected chi connectivity index (χ0v) is 9.84. The molecule has 1 saturated carbocycles. The van der Waals surface area contributed by atoms with E-state index in [9.17, 15) is 0 Å². The minimum atomic E-state index is 0.937. The molecular formula is C13H23N. The Kier molecular flexibility index (Phi) is 4.40.